The molecular formula is C12H12ClN3. The third-order valence-corrected chi connectivity index (χ3v) is 2.94. The predicted molar refractivity (Wildman–Crippen MR) is 63.7 cm³/mol. The normalized spacial score (nSPS) is 11.0. The van der Waals surface area contributed by atoms with E-state index in [4.69, 9.17) is 16.9 Å². The van der Waals surface area contributed by atoms with Gasteiger partial charge in [0.2, 0.25) is 0 Å². The van der Waals surface area contributed by atoms with Gasteiger partial charge in [-0.05, 0) is 24.5 Å². The monoisotopic (exact) mass is 233 g/mol. The minimum absolute atomic E-state index is 0.268. The molecule has 82 valence electrons. The molecule has 0 saturated heterocycles. The second kappa shape index (κ2) is 3.80. The van der Waals surface area contributed by atoms with Crippen LogP contribution in [0.5, 0.6) is 0 Å². The number of nitrogens with zero attached hydrogens (tertiary/aromatic N) is 3. The molecule has 0 aliphatic heterocycles. The average Bonchev–Trinajstić information content (AvgIpc) is 2.53. The zero-order valence-corrected chi connectivity index (χ0v) is 10.2. The lowest BCUT2D eigenvalue weighted by Crippen LogP contribution is -2.02. The Bertz CT molecular complexity index is 590. The molecule has 16 heavy (non-hydrogen) atoms. The molecule has 0 radical (unpaired) electrons. The average molecular weight is 234 g/mol. The molecule has 2 aromatic heterocycles. The largest absolute Gasteiger partial charge is 0.222 e. The van der Waals surface area contributed by atoms with Crippen molar-refractivity contribution in [2.75, 3.05) is 0 Å². The zero-order valence-electron chi connectivity index (χ0n) is 9.45. The molecule has 0 bridgehead atoms. The Kier molecular flexibility index (Phi) is 2.61. The van der Waals surface area contributed by atoms with Crippen LogP contribution in [0.25, 0.3) is 5.52 Å². The van der Waals surface area contributed by atoms with Crippen LogP contribution in [0.2, 0.25) is 5.15 Å². The maximum atomic E-state index is 9.09. The van der Waals surface area contributed by atoms with Crippen LogP contribution in [0, 0.1) is 18.3 Å². The van der Waals surface area contributed by atoms with E-state index in [0.29, 0.717) is 10.7 Å². The molecule has 0 fully saturated rings. The van der Waals surface area contributed by atoms with Crippen LogP contribution in [-0.2, 0) is 0 Å². The summed E-state index contributed by atoms with van der Waals surface area (Å²) in [4.78, 5) is 0. The smallest absolute Gasteiger partial charge is 0.131 e. The Labute approximate surface area is 99.3 Å². The highest BCUT2D eigenvalue weighted by Gasteiger charge is 2.16. The number of fused-ring (bicyclic) bond motifs is 1. The molecule has 2 aromatic rings. The number of hydrogen-bond acceptors (Lipinski definition) is 2. The lowest BCUT2D eigenvalue weighted by Gasteiger charge is -2.10. The first-order valence-corrected chi connectivity index (χ1v) is 5.51. The lowest BCUT2D eigenvalue weighted by atomic mass is 9.97. The summed E-state index contributed by atoms with van der Waals surface area (Å²) in [5.74, 6) is 0.268. The predicted octanol–water partition coefficient (Wildman–Crippen LogP) is 3.29. The molecule has 0 atom stereocenters. The Morgan fingerprint density at radius 3 is 2.75 bits per heavy atom. The summed E-state index contributed by atoms with van der Waals surface area (Å²) in [5, 5.41) is 13.9. The zero-order chi connectivity index (χ0) is 11.9. The van der Waals surface area contributed by atoms with Gasteiger partial charge in [0.1, 0.15) is 11.2 Å². The molecule has 0 aliphatic carbocycles. The van der Waals surface area contributed by atoms with E-state index in [1.807, 2.05) is 13.0 Å². The number of aryl methyl sites for hydroxylation is 1. The van der Waals surface area contributed by atoms with Crippen molar-refractivity contribution in [2.45, 2.75) is 26.7 Å². The van der Waals surface area contributed by atoms with E-state index in [0.717, 1.165) is 16.6 Å². The SMILES string of the molecule is Cc1cc(Cl)n2ncc(C#N)c(C(C)C)c12. The van der Waals surface area contributed by atoms with Crippen molar-refractivity contribution in [1.29, 1.82) is 5.26 Å². The fraction of sp³-hybridized carbons (Fsp3) is 0.333. The Morgan fingerprint density at radius 1 is 1.50 bits per heavy atom. The molecule has 0 N–H and O–H groups in total. The van der Waals surface area contributed by atoms with E-state index in [2.05, 4.69) is 25.0 Å². The number of hydrogen-bond donors (Lipinski definition) is 0. The number of rotatable bonds is 1. The topological polar surface area (TPSA) is 41.1 Å². The van der Waals surface area contributed by atoms with Gasteiger partial charge in [0.25, 0.3) is 0 Å². The van der Waals surface area contributed by atoms with Crippen LogP contribution < -0.4 is 0 Å². The second-order valence-electron chi connectivity index (χ2n) is 4.15. The summed E-state index contributed by atoms with van der Waals surface area (Å²) in [7, 11) is 0. The second-order valence-corrected chi connectivity index (χ2v) is 4.54. The van der Waals surface area contributed by atoms with Crippen LogP contribution in [0.1, 0.15) is 36.5 Å². The van der Waals surface area contributed by atoms with Gasteiger partial charge in [0.15, 0.2) is 0 Å². The first kappa shape index (κ1) is 11.0. The van der Waals surface area contributed by atoms with Crippen LogP contribution in [-0.4, -0.2) is 9.61 Å². The van der Waals surface area contributed by atoms with Crippen LogP contribution in [0.15, 0.2) is 12.3 Å². The van der Waals surface area contributed by atoms with Gasteiger partial charge in [0.05, 0.1) is 17.3 Å². The van der Waals surface area contributed by atoms with Gasteiger partial charge in [-0.25, -0.2) is 4.52 Å². The van der Waals surface area contributed by atoms with Gasteiger partial charge < -0.3 is 0 Å². The van der Waals surface area contributed by atoms with Gasteiger partial charge in [-0.1, -0.05) is 25.4 Å². The van der Waals surface area contributed by atoms with Crippen molar-refractivity contribution < 1.29 is 0 Å². The van der Waals surface area contributed by atoms with Crippen LogP contribution in [0.4, 0.5) is 0 Å². The summed E-state index contributed by atoms with van der Waals surface area (Å²) >= 11 is 6.07. The highest BCUT2D eigenvalue weighted by atomic mass is 35.5. The van der Waals surface area contributed by atoms with Crippen molar-refractivity contribution in [3.05, 3.63) is 34.1 Å². The molecule has 0 saturated carbocycles. The Morgan fingerprint density at radius 2 is 2.19 bits per heavy atom. The fourth-order valence-electron chi connectivity index (χ4n) is 2.01. The third-order valence-electron chi connectivity index (χ3n) is 2.67. The summed E-state index contributed by atoms with van der Waals surface area (Å²) in [5.41, 5.74) is 3.65. The molecule has 0 aliphatic rings. The van der Waals surface area contributed by atoms with E-state index >= 15 is 0 Å². The standard InChI is InChI=1S/C12H12ClN3/c1-7(2)11-9(5-14)6-15-16-10(13)4-8(3)12(11)16/h4,6-7H,1-3H3. The lowest BCUT2D eigenvalue weighted by molar-refractivity contribution is 0.834. The van der Waals surface area contributed by atoms with Crippen molar-refractivity contribution in [1.82, 2.24) is 9.61 Å². The van der Waals surface area contributed by atoms with E-state index in [1.54, 1.807) is 10.7 Å². The molecule has 0 unspecified atom stereocenters. The number of halogens is 1. The number of aromatic nitrogens is 2. The summed E-state index contributed by atoms with van der Waals surface area (Å²) in [6, 6.07) is 4.06. The molecule has 0 amide bonds. The first-order chi connectivity index (χ1) is 7.56. The van der Waals surface area contributed by atoms with Gasteiger partial charge in [0, 0.05) is 5.56 Å². The van der Waals surface area contributed by atoms with Crippen molar-refractivity contribution in [2.24, 2.45) is 0 Å². The Hall–Kier alpha value is -1.53. The van der Waals surface area contributed by atoms with Gasteiger partial charge >= 0.3 is 0 Å². The van der Waals surface area contributed by atoms with Crippen molar-refractivity contribution >= 4 is 17.1 Å². The van der Waals surface area contributed by atoms with Gasteiger partial charge in [-0.3, -0.25) is 0 Å². The summed E-state index contributed by atoms with van der Waals surface area (Å²) < 4.78 is 1.69. The van der Waals surface area contributed by atoms with Crippen molar-refractivity contribution in [3.63, 3.8) is 0 Å². The van der Waals surface area contributed by atoms with Gasteiger partial charge in [-0.2, -0.15) is 10.4 Å². The molecule has 0 spiro atoms. The minimum atomic E-state index is 0.268. The molecule has 3 nitrogen and oxygen atoms in total. The maximum Gasteiger partial charge on any atom is 0.131 e. The highest BCUT2D eigenvalue weighted by Crippen LogP contribution is 2.29. The summed E-state index contributed by atoms with van der Waals surface area (Å²) in [6.07, 6.45) is 1.58. The highest BCUT2D eigenvalue weighted by molar-refractivity contribution is 6.30. The molecule has 2 heterocycles. The summed E-state index contributed by atoms with van der Waals surface area (Å²) in [6.45, 7) is 6.11. The van der Waals surface area contributed by atoms with Gasteiger partial charge in [-0.15, -0.1) is 0 Å². The third kappa shape index (κ3) is 1.46. The first-order valence-electron chi connectivity index (χ1n) is 5.13. The minimum Gasteiger partial charge on any atom is -0.222 e. The Balaban J connectivity index is 2.95. The quantitative estimate of drug-likeness (QED) is 0.758. The molecule has 4 heteroatoms. The van der Waals surface area contributed by atoms with Crippen molar-refractivity contribution in [3.8, 4) is 6.07 Å². The van der Waals surface area contributed by atoms with Crippen LogP contribution in [0.3, 0.4) is 0 Å². The molecule has 2 rings (SSSR count). The molecule has 0 aromatic carbocycles. The maximum absolute atomic E-state index is 9.09. The van der Waals surface area contributed by atoms with E-state index in [-0.39, 0.29) is 5.92 Å². The van der Waals surface area contributed by atoms with E-state index < -0.39 is 0 Å². The van der Waals surface area contributed by atoms with Crippen LogP contribution >= 0.6 is 11.6 Å². The fourth-order valence-corrected chi connectivity index (χ4v) is 2.30. The molecular weight excluding hydrogens is 222 g/mol. The van der Waals surface area contributed by atoms with E-state index in [9.17, 15) is 0 Å². The van der Waals surface area contributed by atoms with E-state index in [1.165, 1.54) is 0 Å². The number of nitriles is 1.